The van der Waals surface area contributed by atoms with Gasteiger partial charge in [-0.05, 0) is 23.3 Å². The van der Waals surface area contributed by atoms with Gasteiger partial charge in [0.1, 0.15) is 6.42 Å². The van der Waals surface area contributed by atoms with Crippen molar-refractivity contribution in [3.8, 4) is 6.07 Å². The maximum Gasteiger partial charge on any atom is 0.262 e. The van der Waals surface area contributed by atoms with Crippen LogP contribution in [0.25, 0.3) is 0 Å². The standard InChI is InChI=1S/C25H18Cl2N4O3/c26-17-11-12-18(27)23-21(17)25(34,24(33)29-23)20(15-7-3-1-4-8-15)22(16-9-5-2-6-10-16)31-30-19(32)13-14-28/h1-12,20,34H,13H2,(H,29,33)(H,30,32)/b31-22-/t20-,25-/m0/s1. The van der Waals surface area contributed by atoms with Crippen molar-refractivity contribution >= 4 is 46.4 Å². The quantitative estimate of drug-likeness (QED) is 0.350. The Kier molecular flexibility index (Phi) is 6.66. The number of aliphatic hydroxyl groups is 1. The van der Waals surface area contributed by atoms with Crippen LogP contribution in [0.3, 0.4) is 0 Å². The molecule has 3 aromatic rings. The predicted molar refractivity (Wildman–Crippen MR) is 130 cm³/mol. The van der Waals surface area contributed by atoms with Gasteiger partial charge in [0.2, 0.25) is 0 Å². The number of hydrazone groups is 1. The Morgan fingerprint density at radius 2 is 1.68 bits per heavy atom. The molecule has 4 rings (SSSR count). The molecule has 1 aliphatic rings. The molecule has 0 saturated heterocycles. The maximum atomic E-state index is 13.4. The summed E-state index contributed by atoms with van der Waals surface area (Å²) in [6.07, 6.45) is -0.406. The molecule has 1 heterocycles. The zero-order valence-electron chi connectivity index (χ0n) is 17.6. The monoisotopic (exact) mass is 492 g/mol. The first kappa shape index (κ1) is 23.5. The number of nitrogens with zero attached hydrogens (tertiary/aromatic N) is 2. The highest BCUT2D eigenvalue weighted by Crippen LogP contribution is 2.51. The first-order valence-electron chi connectivity index (χ1n) is 10.2. The number of halogens is 2. The molecule has 0 bridgehead atoms. The van der Waals surface area contributed by atoms with Gasteiger partial charge < -0.3 is 10.4 Å². The third-order valence-corrected chi connectivity index (χ3v) is 6.13. The number of fused-ring (bicyclic) bond motifs is 1. The van der Waals surface area contributed by atoms with E-state index in [1.54, 1.807) is 66.7 Å². The van der Waals surface area contributed by atoms with Gasteiger partial charge in [-0.25, -0.2) is 5.43 Å². The molecule has 7 nitrogen and oxygen atoms in total. The second-order valence-corrected chi connectivity index (χ2v) is 8.39. The molecule has 9 heteroatoms. The van der Waals surface area contributed by atoms with Crippen molar-refractivity contribution in [2.75, 3.05) is 5.32 Å². The fourth-order valence-corrected chi connectivity index (χ4v) is 4.53. The molecule has 0 aromatic heterocycles. The van der Waals surface area contributed by atoms with Gasteiger partial charge in [-0.2, -0.15) is 10.4 Å². The van der Waals surface area contributed by atoms with Gasteiger partial charge in [-0.3, -0.25) is 9.59 Å². The van der Waals surface area contributed by atoms with E-state index in [-0.39, 0.29) is 27.0 Å². The minimum atomic E-state index is -2.21. The predicted octanol–water partition coefficient (Wildman–Crippen LogP) is 4.35. The highest BCUT2D eigenvalue weighted by atomic mass is 35.5. The highest BCUT2D eigenvalue weighted by Gasteiger charge is 2.55. The van der Waals surface area contributed by atoms with E-state index in [0.717, 1.165) is 0 Å². The summed E-state index contributed by atoms with van der Waals surface area (Å²) in [5.74, 6) is -2.47. The molecule has 2 amide bonds. The van der Waals surface area contributed by atoms with Crippen molar-refractivity contribution in [3.63, 3.8) is 0 Å². The Morgan fingerprint density at radius 3 is 2.32 bits per heavy atom. The van der Waals surface area contributed by atoms with E-state index < -0.39 is 29.8 Å². The summed E-state index contributed by atoms with van der Waals surface area (Å²) < 4.78 is 0. The van der Waals surface area contributed by atoms with E-state index >= 15 is 0 Å². The van der Waals surface area contributed by atoms with Crippen molar-refractivity contribution in [1.29, 1.82) is 5.26 Å². The van der Waals surface area contributed by atoms with Crippen LogP contribution in [0.5, 0.6) is 0 Å². The van der Waals surface area contributed by atoms with Crippen LogP contribution in [-0.4, -0.2) is 22.6 Å². The van der Waals surface area contributed by atoms with Crippen molar-refractivity contribution in [1.82, 2.24) is 5.43 Å². The molecule has 0 spiro atoms. The fraction of sp³-hybridized carbons (Fsp3) is 0.120. The van der Waals surface area contributed by atoms with E-state index in [0.29, 0.717) is 11.1 Å². The summed E-state index contributed by atoms with van der Waals surface area (Å²) in [7, 11) is 0. The van der Waals surface area contributed by atoms with Gasteiger partial charge in [0.05, 0.1) is 28.4 Å². The van der Waals surface area contributed by atoms with E-state index in [9.17, 15) is 14.7 Å². The Hall–Kier alpha value is -3.70. The van der Waals surface area contributed by atoms with Gasteiger partial charge in [0, 0.05) is 10.6 Å². The van der Waals surface area contributed by atoms with Crippen molar-refractivity contribution in [2.45, 2.75) is 17.9 Å². The number of carbonyl (C=O) groups excluding carboxylic acids is 2. The molecule has 3 aromatic carbocycles. The average molecular weight is 493 g/mol. The largest absolute Gasteiger partial charge is 0.374 e. The average Bonchev–Trinajstić information content (AvgIpc) is 3.12. The Bertz CT molecular complexity index is 1320. The maximum absolute atomic E-state index is 13.4. The molecule has 0 aliphatic carbocycles. The van der Waals surface area contributed by atoms with Crippen molar-refractivity contribution < 1.29 is 14.7 Å². The lowest BCUT2D eigenvalue weighted by molar-refractivity contribution is -0.134. The summed E-state index contributed by atoms with van der Waals surface area (Å²) in [5, 5.41) is 28.3. The topological polar surface area (TPSA) is 115 Å². The molecule has 0 fully saturated rings. The normalized spacial score (nSPS) is 17.9. The Morgan fingerprint density at radius 1 is 1.06 bits per heavy atom. The zero-order chi connectivity index (χ0) is 24.3. The molecule has 0 unspecified atom stereocenters. The third-order valence-electron chi connectivity index (χ3n) is 5.50. The molecular weight excluding hydrogens is 475 g/mol. The van der Waals surface area contributed by atoms with Gasteiger partial charge in [0.25, 0.3) is 11.8 Å². The van der Waals surface area contributed by atoms with Gasteiger partial charge >= 0.3 is 0 Å². The van der Waals surface area contributed by atoms with Crippen LogP contribution in [0, 0.1) is 11.3 Å². The molecule has 0 saturated carbocycles. The van der Waals surface area contributed by atoms with Crippen LogP contribution in [-0.2, 0) is 15.2 Å². The minimum absolute atomic E-state index is 0.118. The molecule has 0 radical (unpaired) electrons. The summed E-state index contributed by atoms with van der Waals surface area (Å²) in [6.45, 7) is 0. The number of nitrogens with one attached hydrogen (secondary N) is 2. The van der Waals surface area contributed by atoms with Crippen LogP contribution >= 0.6 is 23.2 Å². The number of carbonyl (C=O) groups is 2. The molecular formula is C25H18Cl2N4O3. The molecule has 1 aliphatic heterocycles. The minimum Gasteiger partial charge on any atom is -0.374 e. The van der Waals surface area contributed by atoms with Gasteiger partial charge in [-0.1, -0.05) is 83.9 Å². The molecule has 34 heavy (non-hydrogen) atoms. The molecule has 3 N–H and O–H groups in total. The van der Waals surface area contributed by atoms with Gasteiger partial charge in [0.15, 0.2) is 5.60 Å². The van der Waals surface area contributed by atoms with E-state index in [1.165, 1.54) is 12.1 Å². The highest BCUT2D eigenvalue weighted by molar-refractivity contribution is 6.38. The lowest BCUT2D eigenvalue weighted by Crippen LogP contribution is -2.45. The van der Waals surface area contributed by atoms with E-state index in [2.05, 4.69) is 15.8 Å². The summed E-state index contributed by atoms with van der Waals surface area (Å²) >= 11 is 12.8. The molecule has 2 atom stereocenters. The van der Waals surface area contributed by atoms with Crippen LogP contribution in [0.4, 0.5) is 5.69 Å². The van der Waals surface area contributed by atoms with E-state index in [1.807, 2.05) is 0 Å². The number of hydrogen-bond acceptors (Lipinski definition) is 5. The van der Waals surface area contributed by atoms with Crippen LogP contribution in [0.2, 0.25) is 10.0 Å². The number of anilines is 1. The second-order valence-electron chi connectivity index (χ2n) is 7.58. The first-order valence-corrected chi connectivity index (χ1v) is 11.0. The van der Waals surface area contributed by atoms with Crippen LogP contribution in [0.15, 0.2) is 77.9 Å². The third kappa shape index (κ3) is 4.15. The van der Waals surface area contributed by atoms with Crippen molar-refractivity contribution in [2.24, 2.45) is 5.10 Å². The Labute approximate surface area is 205 Å². The number of amides is 2. The lowest BCUT2D eigenvalue weighted by atomic mass is 9.73. The second kappa shape index (κ2) is 9.65. The summed E-state index contributed by atoms with van der Waals surface area (Å²) in [5.41, 5.74) is 1.76. The molecule has 170 valence electrons. The zero-order valence-corrected chi connectivity index (χ0v) is 19.1. The number of rotatable bonds is 6. The smallest absolute Gasteiger partial charge is 0.262 e. The fourth-order valence-electron chi connectivity index (χ4n) is 4.03. The SMILES string of the molecule is N#CCC(=O)N/N=C(/c1ccccc1)[C@H](c1ccccc1)[C@@]1(O)C(=O)Nc2c(Cl)ccc(Cl)c21. The summed E-state index contributed by atoms with van der Waals surface area (Å²) in [6, 6.07) is 22.4. The van der Waals surface area contributed by atoms with Crippen molar-refractivity contribution in [3.05, 3.63) is 99.5 Å². The first-order chi connectivity index (χ1) is 16.4. The van der Waals surface area contributed by atoms with Crippen LogP contribution < -0.4 is 10.7 Å². The number of hydrogen-bond donors (Lipinski definition) is 3. The van der Waals surface area contributed by atoms with E-state index in [4.69, 9.17) is 28.5 Å². The Balaban J connectivity index is 2.00. The number of benzene rings is 3. The lowest BCUT2D eigenvalue weighted by Gasteiger charge is -2.33. The van der Waals surface area contributed by atoms with Crippen LogP contribution in [0.1, 0.15) is 29.0 Å². The summed E-state index contributed by atoms with van der Waals surface area (Å²) in [4.78, 5) is 25.5. The van der Waals surface area contributed by atoms with Gasteiger partial charge in [-0.15, -0.1) is 0 Å². The number of nitriles is 1.